The zero-order valence-electron chi connectivity index (χ0n) is 20.3. The van der Waals surface area contributed by atoms with Crippen molar-refractivity contribution in [2.24, 2.45) is 5.92 Å². The summed E-state index contributed by atoms with van der Waals surface area (Å²) in [5, 5.41) is 63.1. The van der Waals surface area contributed by atoms with Gasteiger partial charge in [0.2, 0.25) is 0 Å². The second kappa shape index (κ2) is 15.0. The van der Waals surface area contributed by atoms with Gasteiger partial charge in [-0.25, -0.2) is 0 Å². The number of ether oxygens (including phenoxy) is 4. The molecule has 0 unspecified atom stereocenters. The minimum absolute atomic E-state index is 0.0752. The summed E-state index contributed by atoms with van der Waals surface area (Å²) in [4.78, 5) is 22.4. The van der Waals surface area contributed by atoms with E-state index in [2.05, 4.69) is 11.9 Å². The molecule has 0 aromatic heterocycles. The number of hydrogen-bond acceptors (Lipinski definition) is 13. The maximum atomic E-state index is 11.4. The molecule has 0 aromatic rings. The molecule has 13 heteroatoms. The van der Waals surface area contributed by atoms with Gasteiger partial charge in [-0.1, -0.05) is 6.58 Å². The second-order valence-electron chi connectivity index (χ2n) is 9.08. The van der Waals surface area contributed by atoms with Gasteiger partial charge in [0.05, 0.1) is 31.8 Å². The first kappa shape index (κ1) is 30.7. The quantitative estimate of drug-likeness (QED) is 0.0869. The number of aliphatic hydroxyl groups excluding tert-OH is 6. The number of rotatable bonds is 15. The predicted octanol–water partition coefficient (Wildman–Crippen LogP) is -2.67. The number of ketones is 1. The minimum atomic E-state index is -1.62. The van der Waals surface area contributed by atoms with Gasteiger partial charge in [0.25, 0.3) is 0 Å². The zero-order chi connectivity index (χ0) is 26.8. The number of nitrogens with one attached hydrogen (secondary N) is 1. The Kier molecular flexibility index (Phi) is 12.8. The minimum Gasteiger partial charge on any atom is -0.394 e. The van der Waals surface area contributed by atoms with Crippen molar-refractivity contribution in [3.05, 3.63) is 12.3 Å². The van der Waals surface area contributed by atoms with Crippen molar-refractivity contribution in [2.45, 2.75) is 87.9 Å². The SMILES string of the molecule is C=C(CCCCC(C)=O)NCCO[C@H]1O[C@H](CO[C@H]2O[C@H](CO)[C@@H](O)[C@H](O)[C@@H]2C=O)[C@@H](O)[C@H](O)[C@@H]1O. The molecule has 13 nitrogen and oxygen atoms in total. The van der Waals surface area contributed by atoms with Crippen LogP contribution in [0.3, 0.4) is 0 Å². The van der Waals surface area contributed by atoms with Gasteiger partial charge >= 0.3 is 0 Å². The molecule has 2 fully saturated rings. The van der Waals surface area contributed by atoms with Crippen molar-refractivity contribution in [1.29, 1.82) is 0 Å². The molecule has 2 rings (SSSR count). The molecule has 0 aromatic carbocycles. The molecule has 0 bridgehead atoms. The summed E-state index contributed by atoms with van der Waals surface area (Å²) in [5.74, 6) is -1.13. The highest BCUT2D eigenvalue weighted by molar-refractivity contribution is 5.75. The van der Waals surface area contributed by atoms with Crippen LogP contribution in [0.25, 0.3) is 0 Å². The molecular weight excluding hydrogens is 482 g/mol. The molecule has 0 amide bonds. The molecular formula is C23H39NO12. The third-order valence-corrected chi connectivity index (χ3v) is 6.20. The van der Waals surface area contributed by atoms with Gasteiger partial charge in [0.15, 0.2) is 12.6 Å². The van der Waals surface area contributed by atoms with Crippen molar-refractivity contribution in [2.75, 3.05) is 26.4 Å². The van der Waals surface area contributed by atoms with Crippen molar-refractivity contribution >= 4 is 12.1 Å². The second-order valence-corrected chi connectivity index (χ2v) is 9.08. The molecule has 0 aliphatic carbocycles. The van der Waals surface area contributed by atoms with E-state index in [-0.39, 0.29) is 12.4 Å². The number of carbonyl (C=O) groups is 2. The molecule has 2 aliphatic rings. The van der Waals surface area contributed by atoms with Crippen LogP contribution in [0.5, 0.6) is 0 Å². The van der Waals surface area contributed by atoms with E-state index in [9.17, 15) is 40.2 Å². The van der Waals surface area contributed by atoms with Crippen LogP contribution < -0.4 is 5.32 Å². The molecule has 0 spiro atoms. The van der Waals surface area contributed by atoms with Crippen LogP contribution in [-0.2, 0) is 28.5 Å². The molecule has 0 saturated carbocycles. The molecule has 2 saturated heterocycles. The largest absolute Gasteiger partial charge is 0.394 e. The van der Waals surface area contributed by atoms with E-state index in [1.54, 1.807) is 6.92 Å². The Morgan fingerprint density at radius 1 is 0.917 bits per heavy atom. The van der Waals surface area contributed by atoms with E-state index in [0.29, 0.717) is 25.7 Å². The van der Waals surface area contributed by atoms with E-state index in [0.717, 1.165) is 18.5 Å². The molecule has 10 atom stereocenters. The lowest BCUT2D eigenvalue weighted by atomic mass is 9.92. The normalized spacial score (nSPS) is 36.9. The van der Waals surface area contributed by atoms with Crippen LogP contribution in [0.2, 0.25) is 0 Å². The number of carbonyl (C=O) groups excluding carboxylic acids is 2. The lowest BCUT2D eigenvalue weighted by Gasteiger charge is -2.42. The summed E-state index contributed by atoms with van der Waals surface area (Å²) in [7, 11) is 0. The standard InChI is InChI=1S/C23H39NO12/c1-12(5-3-4-6-13(2)27)24-7-8-33-23-21(32)20(31)19(30)16(36-23)11-34-22-14(9-25)17(28)18(29)15(10-26)35-22/h9,14-24,26,28-32H,1,3-8,10-11H2,2H3/t14-,15+,16+,17+,18+,19+,20-,21-,22-,23-/m0/s1. The van der Waals surface area contributed by atoms with Crippen molar-refractivity contribution < 1.29 is 59.2 Å². The van der Waals surface area contributed by atoms with Gasteiger partial charge in [-0.05, 0) is 26.2 Å². The summed E-state index contributed by atoms with van der Waals surface area (Å²) < 4.78 is 21.9. The van der Waals surface area contributed by atoms with Gasteiger partial charge in [-0.15, -0.1) is 0 Å². The summed E-state index contributed by atoms with van der Waals surface area (Å²) in [5.41, 5.74) is 0.764. The van der Waals surface area contributed by atoms with Crippen LogP contribution in [0.1, 0.15) is 32.6 Å². The van der Waals surface area contributed by atoms with Crippen molar-refractivity contribution in [3.8, 4) is 0 Å². The number of aldehydes is 1. The fourth-order valence-corrected chi connectivity index (χ4v) is 3.98. The van der Waals surface area contributed by atoms with E-state index >= 15 is 0 Å². The van der Waals surface area contributed by atoms with Gasteiger partial charge in [-0.2, -0.15) is 0 Å². The highest BCUT2D eigenvalue weighted by Gasteiger charge is 2.47. The molecule has 0 radical (unpaired) electrons. The lowest BCUT2D eigenvalue weighted by molar-refractivity contribution is -0.321. The third kappa shape index (κ3) is 8.52. The van der Waals surface area contributed by atoms with Crippen LogP contribution in [0.4, 0.5) is 0 Å². The highest BCUT2D eigenvalue weighted by atomic mass is 16.7. The van der Waals surface area contributed by atoms with E-state index in [1.807, 2.05) is 0 Å². The third-order valence-electron chi connectivity index (χ3n) is 6.20. The topological polar surface area (TPSA) is 204 Å². The van der Waals surface area contributed by atoms with E-state index in [1.165, 1.54) is 0 Å². The number of unbranched alkanes of at least 4 members (excludes halogenated alkanes) is 1. The summed E-state index contributed by atoms with van der Waals surface area (Å²) in [6.45, 7) is 4.80. The Morgan fingerprint density at radius 3 is 2.19 bits per heavy atom. The summed E-state index contributed by atoms with van der Waals surface area (Å²) in [6, 6.07) is 0. The Balaban J connectivity index is 1.82. The monoisotopic (exact) mass is 521 g/mol. The fraction of sp³-hybridized carbons (Fsp3) is 0.826. The summed E-state index contributed by atoms with van der Waals surface area (Å²) in [6.07, 6.45) is -9.66. The predicted molar refractivity (Wildman–Crippen MR) is 122 cm³/mol. The highest BCUT2D eigenvalue weighted by Crippen LogP contribution is 2.28. The lowest BCUT2D eigenvalue weighted by Crippen LogP contribution is -2.61. The zero-order valence-corrected chi connectivity index (χ0v) is 20.3. The molecule has 36 heavy (non-hydrogen) atoms. The maximum absolute atomic E-state index is 11.4. The number of Topliss-reactive ketones (excluding diaryl/α,β-unsaturated/α-hetero) is 1. The van der Waals surface area contributed by atoms with Crippen LogP contribution >= 0.6 is 0 Å². The average Bonchev–Trinajstić information content (AvgIpc) is 2.85. The Labute approximate surface area is 209 Å². The average molecular weight is 522 g/mol. The fourth-order valence-electron chi connectivity index (χ4n) is 3.98. The van der Waals surface area contributed by atoms with Crippen molar-refractivity contribution in [1.82, 2.24) is 5.32 Å². The van der Waals surface area contributed by atoms with Gasteiger partial charge < -0.3 is 64.5 Å². The van der Waals surface area contributed by atoms with Crippen LogP contribution in [0.15, 0.2) is 12.3 Å². The van der Waals surface area contributed by atoms with Crippen LogP contribution in [0, 0.1) is 5.92 Å². The molecule has 2 heterocycles. The van der Waals surface area contributed by atoms with Gasteiger partial charge in [0, 0.05) is 18.7 Å². The smallest absolute Gasteiger partial charge is 0.186 e. The summed E-state index contributed by atoms with van der Waals surface area (Å²) >= 11 is 0. The Hall–Kier alpha value is -1.52. The first-order valence-corrected chi connectivity index (χ1v) is 12.0. The molecule has 7 N–H and O–H groups in total. The number of aliphatic hydroxyl groups is 6. The first-order valence-electron chi connectivity index (χ1n) is 12.0. The Morgan fingerprint density at radius 2 is 1.56 bits per heavy atom. The molecule has 208 valence electrons. The number of hydrogen-bond donors (Lipinski definition) is 7. The van der Waals surface area contributed by atoms with Gasteiger partial charge in [-0.3, -0.25) is 0 Å². The van der Waals surface area contributed by atoms with Gasteiger partial charge in [0.1, 0.15) is 48.7 Å². The first-order chi connectivity index (χ1) is 17.1. The number of allylic oxidation sites excluding steroid dienone is 1. The Bertz CT molecular complexity index is 709. The van der Waals surface area contributed by atoms with Crippen LogP contribution in [-0.4, -0.2) is 124 Å². The van der Waals surface area contributed by atoms with E-state index in [4.69, 9.17) is 18.9 Å². The van der Waals surface area contributed by atoms with Crippen molar-refractivity contribution in [3.63, 3.8) is 0 Å². The molecule has 2 aliphatic heterocycles. The van der Waals surface area contributed by atoms with E-state index < -0.39 is 74.4 Å². The maximum Gasteiger partial charge on any atom is 0.186 e.